The number of carbonyl (C=O) groups excluding carboxylic acids is 4. The van der Waals surface area contributed by atoms with Crippen LogP contribution in [0, 0.1) is 18.8 Å². The van der Waals surface area contributed by atoms with Crippen molar-refractivity contribution in [2.45, 2.75) is 103 Å². The average Bonchev–Trinajstić information content (AvgIpc) is 3.75. The Labute approximate surface area is 308 Å². The summed E-state index contributed by atoms with van der Waals surface area (Å²) in [6.07, 6.45) is 5.11. The van der Waals surface area contributed by atoms with E-state index in [1.165, 1.54) is 9.80 Å². The van der Waals surface area contributed by atoms with Gasteiger partial charge in [-0.2, -0.15) is 0 Å². The molecule has 3 heterocycles. The summed E-state index contributed by atoms with van der Waals surface area (Å²) in [7, 11) is 6.31. The highest BCUT2D eigenvalue weighted by atomic mass is 35.5. The summed E-state index contributed by atoms with van der Waals surface area (Å²) in [5.74, 6) is -1.55. The number of hydrogen-bond acceptors (Lipinski definition) is 10. The van der Waals surface area contributed by atoms with Crippen LogP contribution < -0.4 is 10.2 Å². The lowest BCUT2D eigenvalue weighted by Gasteiger charge is -2.41. The Balaban J connectivity index is 1.71. The van der Waals surface area contributed by atoms with Gasteiger partial charge in [0.25, 0.3) is 0 Å². The zero-order chi connectivity index (χ0) is 37.1. The number of nitrogens with one attached hydrogen (secondary N) is 1. The van der Waals surface area contributed by atoms with Gasteiger partial charge in [-0.3, -0.25) is 14.9 Å². The molecule has 8 unspecified atom stereocenters. The van der Waals surface area contributed by atoms with Crippen LogP contribution in [0.4, 0.5) is 10.5 Å². The van der Waals surface area contributed by atoms with Crippen LogP contribution in [0.5, 0.6) is 0 Å². The number of halogens is 1. The van der Waals surface area contributed by atoms with E-state index in [1.54, 1.807) is 49.5 Å². The minimum atomic E-state index is -1.59. The summed E-state index contributed by atoms with van der Waals surface area (Å²) >= 11 is 6.76. The van der Waals surface area contributed by atoms with Gasteiger partial charge in [0.1, 0.15) is 29.6 Å². The quantitative estimate of drug-likeness (QED) is 0.151. The Kier molecular flexibility index (Phi) is 13.1. The number of hydrogen-bond donors (Lipinski definition) is 2. The number of allylic oxidation sites excluding steroid dienone is 3. The molecule has 4 rings (SSSR count). The van der Waals surface area contributed by atoms with Crippen molar-refractivity contribution in [3.05, 3.63) is 52.1 Å². The van der Waals surface area contributed by atoms with E-state index in [9.17, 15) is 24.3 Å². The van der Waals surface area contributed by atoms with Gasteiger partial charge >= 0.3 is 12.1 Å². The molecule has 0 aliphatic carbocycles. The number of aliphatic hydroxyl groups is 1. The normalized spacial score (nSPS) is 32.4. The van der Waals surface area contributed by atoms with Crippen LogP contribution in [0.2, 0.25) is 5.02 Å². The highest BCUT2D eigenvalue weighted by molar-refractivity contribution is 8.76. The minimum absolute atomic E-state index is 0.0819. The lowest BCUT2D eigenvalue weighted by Crippen LogP contribution is -2.60. The van der Waals surface area contributed by atoms with Crippen LogP contribution in [0.3, 0.4) is 0 Å². The lowest BCUT2D eigenvalue weighted by atomic mass is 9.82. The Bertz CT molecular complexity index is 1540. The summed E-state index contributed by atoms with van der Waals surface area (Å²) in [6, 6.07) is 2.93. The molecule has 3 aliphatic rings. The molecule has 2 saturated heterocycles. The summed E-state index contributed by atoms with van der Waals surface area (Å²) in [6.45, 7) is 10.9. The number of amides is 3. The Morgan fingerprint density at radius 2 is 1.96 bits per heavy atom. The van der Waals surface area contributed by atoms with Gasteiger partial charge < -0.3 is 29.1 Å². The number of anilines is 1. The van der Waals surface area contributed by atoms with Crippen LogP contribution in [-0.4, -0.2) is 95.7 Å². The third kappa shape index (κ3) is 9.01. The van der Waals surface area contributed by atoms with Crippen LogP contribution in [0.1, 0.15) is 65.0 Å². The molecule has 276 valence electrons. The van der Waals surface area contributed by atoms with Gasteiger partial charge in [0.2, 0.25) is 11.8 Å². The largest absolute Gasteiger partial charge is 0.457 e. The number of nitrogens with zero attached hydrogens (tertiary/aromatic N) is 2. The molecule has 2 N–H and O–H groups in total. The van der Waals surface area contributed by atoms with E-state index in [0.717, 1.165) is 16.7 Å². The van der Waals surface area contributed by atoms with E-state index in [1.807, 2.05) is 64.3 Å². The maximum Gasteiger partial charge on any atom is 0.409 e. The maximum absolute atomic E-state index is 14.0. The van der Waals surface area contributed by atoms with Crippen LogP contribution in [-0.2, 0) is 35.0 Å². The molecule has 11 nitrogen and oxygen atoms in total. The molecule has 3 amide bonds. The summed E-state index contributed by atoms with van der Waals surface area (Å²) in [4.78, 5) is 56.1. The molecule has 4 bridgehead atoms. The van der Waals surface area contributed by atoms with Crippen LogP contribution in [0.25, 0.3) is 0 Å². The molecule has 0 spiro atoms. The molecular weight excluding hydrogens is 702 g/mol. The zero-order valence-electron chi connectivity index (χ0n) is 30.3. The van der Waals surface area contributed by atoms with Crippen molar-refractivity contribution in [2.24, 2.45) is 11.8 Å². The van der Waals surface area contributed by atoms with Gasteiger partial charge in [0.05, 0.1) is 23.2 Å². The molecule has 8 atom stereocenters. The lowest BCUT2D eigenvalue weighted by molar-refractivity contribution is -0.161. The van der Waals surface area contributed by atoms with Gasteiger partial charge in [-0.25, -0.2) is 9.59 Å². The predicted molar refractivity (Wildman–Crippen MR) is 198 cm³/mol. The Morgan fingerprint density at radius 3 is 2.64 bits per heavy atom. The number of rotatable bonds is 7. The second-order valence-corrected chi connectivity index (χ2v) is 17.0. The zero-order valence-corrected chi connectivity index (χ0v) is 32.7. The first-order valence-corrected chi connectivity index (χ1v) is 19.9. The number of epoxide rings is 1. The van der Waals surface area contributed by atoms with Gasteiger partial charge in [-0.1, -0.05) is 76.9 Å². The van der Waals surface area contributed by atoms with Gasteiger partial charge in [0, 0.05) is 44.5 Å². The molecule has 50 heavy (non-hydrogen) atoms. The number of carbonyl (C=O) groups is 4. The number of aryl methyl sites for hydroxylation is 1. The smallest absolute Gasteiger partial charge is 0.409 e. The van der Waals surface area contributed by atoms with Gasteiger partial charge in [-0.05, 0) is 57.6 Å². The van der Waals surface area contributed by atoms with Crippen LogP contribution >= 0.6 is 33.2 Å². The van der Waals surface area contributed by atoms with Crippen molar-refractivity contribution >= 4 is 62.8 Å². The number of esters is 1. The molecule has 1 aromatic rings. The Hall–Kier alpha value is -2.71. The van der Waals surface area contributed by atoms with E-state index >= 15 is 0 Å². The van der Waals surface area contributed by atoms with Crippen LogP contribution in [0.15, 0.2) is 35.9 Å². The van der Waals surface area contributed by atoms with Crippen molar-refractivity contribution in [2.75, 3.05) is 31.0 Å². The molecule has 0 radical (unpaired) electrons. The van der Waals surface area contributed by atoms with Crippen molar-refractivity contribution in [1.82, 2.24) is 10.2 Å². The van der Waals surface area contributed by atoms with Gasteiger partial charge in [0.15, 0.2) is 0 Å². The third-order valence-corrected chi connectivity index (χ3v) is 12.5. The maximum atomic E-state index is 14.0. The highest BCUT2D eigenvalue weighted by Gasteiger charge is 2.64. The van der Waals surface area contributed by atoms with Gasteiger partial charge in [-0.15, -0.1) is 0 Å². The highest BCUT2D eigenvalue weighted by Crippen LogP contribution is 2.49. The topological polar surface area (TPSA) is 138 Å². The molecule has 0 saturated carbocycles. The number of fused-ring (bicyclic) bond motifs is 5. The number of alkyl carbamates (subject to hydrolysis) is 1. The summed E-state index contributed by atoms with van der Waals surface area (Å²) in [5.41, 5.74) is 0.566. The first-order chi connectivity index (χ1) is 23.4. The van der Waals surface area contributed by atoms with Crippen molar-refractivity contribution in [1.29, 1.82) is 0 Å². The van der Waals surface area contributed by atoms with E-state index in [-0.39, 0.29) is 31.1 Å². The molecule has 3 aliphatic heterocycles. The third-order valence-electron chi connectivity index (χ3n) is 10.2. The standard InChI is InChI=1S/C36H50ClN3O8S2/c1-20-11-10-12-22(3)36(45)19-27(46-34(44)38-36)23(4)32-35(6,48-32)28(47-33(43)24(5)39(7)29(41)13-14-50-49-9)18-30(42)40(8)26-17-25(15-20)16-21(2)31(26)37/h10-12,16-17,22-24,27-28,32,45H,13-15,18-19H2,1-9H3,(H,38,44)/b12-10+,20-11+. The SMILES string of the molecule is CSSCCC(=O)N(C)C(C)C(=O)OC1CC(=O)N(C)c2cc(cc(C)c2Cl)C/C(C)=C/C=C/C(C)C2(O)CC(OC(=O)N2)C(C)C2OC12C. The van der Waals surface area contributed by atoms with Crippen molar-refractivity contribution in [3.63, 3.8) is 0 Å². The first kappa shape index (κ1) is 40.1. The number of benzene rings is 1. The summed E-state index contributed by atoms with van der Waals surface area (Å²) < 4.78 is 18.0. The first-order valence-electron chi connectivity index (χ1n) is 16.8. The minimum Gasteiger partial charge on any atom is -0.457 e. The fourth-order valence-electron chi connectivity index (χ4n) is 6.55. The van der Waals surface area contributed by atoms with E-state index in [0.29, 0.717) is 22.9 Å². The van der Waals surface area contributed by atoms with Crippen molar-refractivity contribution in [3.8, 4) is 0 Å². The fourth-order valence-corrected chi connectivity index (χ4v) is 7.96. The second kappa shape index (κ2) is 16.3. The monoisotopic (exact) mass is 751 g/mol. The summed E-state index contributed by atoms with van der Waals surface area (Å²) in [5, 5.41) is 14.7. The van der Waals surface area contributed by atoms with E-state index in [4.69, 9.17) is 25.8 Å². The molecule has 0 aromatic heterocycles. The second-order valence-electron chi connectivity index (χ2n) is 13.9. The molecule has 2 fully saturated rings. The van der Waals surface area contributed by atoms with E-state index < -0.39 is 59.6 Å². The predicted octanol–water partition coefficient (Wildman–Crippen LogP) is 5.84. The molecule has 1 aromatic carbocycles. The number of likely N-dealkylation sites (N-methyl/N-ethyl adjacent to an activating group) is 1. The van der Waals surface area contributed by atoms with E-state index in [2.05, 4.69) is 5.32 Å². The molecule has 14 heteroatoms. The number of ether oxygens (including phenoxy) is 3. The average molecular weight is 752 g/mol. The fraction of sp³-hybridized carbons (Fsp3) is 0.611. The van der Waals surface area contributed by atoms with Crippen molar-refractivity contribution < 1.29 is 38.5 Å². The molecular formula is C36H50ClN3O8S2. The Morgan fingerprint density at radius 1 is 1.26 bits per heavy atom.